The minimum atomic E-state index is -0.919. The largest absolute Gasteiger partial charge is 0.485 e. The van der Waals surface area contributed by atoms with Crippen LogP contribution >= 0.6 is 0 Å². The Hall–Kier alpha value is -3.49. The highest BCUT2D eigenvalue weighted by atomic mass is 16.6. The van der Waals surface area contributed by atoms with Crippen LogP contribution in [-0.4, -0.2) is 37.1 Å². The van der Waals surface area contributed by atoms with Gasteiger partial charge < -0.3 is 18.6 Å². The fourth-order valence-electron chi connectivity index (χ4n) is 2.69. The number of ether oxygens (including phenoxy) is 3. The molecule has 1 aliphatic rings. The average molecular weight is 388 g/mol. The summed E-state index contributed by atoms with van der Waals surface area (Å²) in [6.45, 7) is 4.55. The Morgan fingerprint density at radius 1 is 1.07 bits per heavy atom. The zero-order chi connectivity index (χ0) is 20.3. The summed E-state index contributed by atoms with van der Waals surface area (Å²) in [6.07, 6.45) is -0.919. The van der Waals surface area contributed by atoms with E-state index >= 15 is 0 Å². The number of fused-ring (bicyclic) bond motifs is 1. The lowest BCUT2D eigenvalue weighted by atomic mass is 10.1. The second-order valence-electron chi connectivity index (χ2n) is 6.19. The molecule has 0 saturated heterocycles. The van der Waals surface area contributed by atoms with E-state index in [1.807, 2.05) is 0 Å². The summed E-state index contributed by atoms with van der Waals surface area (Å²) < 4.78 is 21.3. The Kier molecular flexibility index (Phi) is 5.53. The average Bonchev–Trinajstić information content (AvgIpc) is 2.95. The van der Waals surface area contributed by atoms with Crippen LogP contribution in [0.3, 0.4) is 0 Å². The highest BCUT2D eigenvalue weighted by Crippen LogP contribution is 2.30. The Bertz CT molecular complexity index is 919. The van der Waals surface area contributed by atoms with Crippen LogP contribution in [0.2, 0.25) is 0 Å². The molecule has 0 spiro atoms. The van der Waals surface area contributed by atoms with Crippen molar-refractivity contribution in [1.82, 2.24) is 10.9 Å². The van der Waals surface area contributed by atoms with Crippen LogP contribution in [0.1, 0.15) is 27.4 Å². The Morgan fingerprint density at radius 3 is 2.46 bits per heavy atom. The maximum absolute atomic E-state index is 12.1. The first-order chi connectivity index (χ1) is 13.4. The van der Waals surface area contributed by atoms with E-state index in [1.54, 1.807) is 45.0 Å². The molecule has 1 aromatic heterocycles. The fourth-order valence-corrected chi connectivity index (χ4v) is 2.69. The molecule has 2 heterocycles. The van der Waals surface area contributed by atoms with Crippen molar-refractivity contribution in [3.05, 3.63) is 46.9 Å². The minimum Gasteiger partial charge on any atom is -0.485 e. The molecule has 148 valence electrons. The number of hydrazine groups is 1. The number of carbonyl (C=O) groups is 3. The van der Waals surface area contributed by atoms with E-state index in [9.17, 15) is 14.4 Å². The molecule has 0 saturated carbocycles. The summed E-state index contributed by atoms with van der Waals surface area (Å²) in [7, 11) is 0. The molecule has 0 unspecified atom stereocenters. The lowest BCUT2D eigenvalue weighted by molar-refractivity contribution is -0.135. The van der Waals surface area contributed by atoms with Crippen molar-refractivity contribution >= 4 is 17.8 Å². The molecule has 28 heavy (non-hydrogen) atoms. The first kappa shape index (κ1) is 19.3. The van der Waals surface area contributed by atoms with E-state index in [0.717, 1.165) is 0 Å². The summed E-state index contributed by atoms with van der Waals surface area (Å²) in [4.78, 5) is 36.1. The maximum Gasteiger partial charge on any atom is 0.342 e. The summed E-state index contributed by atoms with van der Waals surface area (Å²) >= 11 is 0. The van der Waals surface area contributed by atoms with Gasteiger partial charge in [-0.3, -0.25) is 20.4 Å². The zero-order valence-electron chi connectivity index (χ0n) is 15.7. The molecule has 1 aromatic carbocycles. The number of carbonyl (C=O) groups excluding carboxylic acids is 3. The molecule has 0 aliphatic carbocycles. The first-order valence-corrected chi connectivity index (χ1v) is 8.57. The second-order valence-corrected chi connectivity index (χ2v) is 6.19. The van der Waals surface area contributed by atoms with Gasteiger partial charge in [0.05, 0.1) is 0 Å². The van der Waals surface area contributed by atoms with Crippen molar-refractivity contribution < 1.29 is 33.0 Å². The summed E-state index contributed by atoms with van der Waals surface area (Å²) in [6, 6.07) is 6.94. The summed E-state index contributed by atoms with van der Waals surface area (Å²) in [5.41, 5.74) is 5.34. The van der Waals surface area contributed by atoms with Gasteiger partial charge in [-0.1, -0.05) is 12.1 Å². The van der Waals surface area contributed by atoms with Crippen LogP contribution in [0.4, 0.5) is 0 Å². The van der Waals surface area contributed by atoms with Crippen molar-refractivity contribution in [2.75, 3.05) is 13.2 Å². The third-order valence-electron chi connectivity index (χ3n) is 4.23. The molecular weight excluding hydrogens is 368 g/mol. The van der Waals surface area contributed by atoms with E-state index in [0.29, 0.717) is 34.1 Å². The molecule has 0 bridgehead atoms. The topological polar surface area (TPSA) is 116 Å². The molecule has 1 aliphatic heterocycles. The van der Waals surface area contributed by atoms with Crippen molar-refractivity contribution in [3.8, 4) is 11.5 Å². The number of hydrogen-bond acceptors (Lipinski definition) is 7. The zero-order valence-corrected chi connectivity index (χ0v) is 15.7. The smallest absolute Gasteiger partial charge is 0.342 e. The third-order valence-corrected chi connectivity index (χ3v) is 4.23. The van der Waals surface area contributed by atoms with Gasteiger partial charge in [0.15, 0.2) is 18.1 Å². The van der Waals surface area contributed by atoms with E-state index in [-0.39, 0.29) is 6.61 Å². The summed E-state index contributed by atoms with van der Waals surface area (Å²) in [5.74, 6) is 0.0494. The highest BCUT2D eigenvalue weighted by molar-refractivity contribution is 5.94. The number of furan rings is 1. The van der Waals surface area contributed by atoms with Gasteiger partial charge in [0.2, 0.25) is 6.10 Å². The minimum absolute atomic E-state index is 0.00605. The lowest BCUT2D eigenvalue weighted by Gasteiger charge is -2.25. The van der Waals surface area contributed by atoms with Gasteiger partial charge in [-0.05, 0) is 32.9 Å². The van der Waals surface area contributed by atoms with E-state index < -0.39 is 30.5 Å². The van der Waals surface area contributed by atoms with Crippen LogP contribution < -0.4 is 20.3 Å². The molecule has 0 fully saturated rings. The highest BCUT2D eigenvalue weighted by Gasteiger charge is 2.27. The number of para-hydroxylation sites is 2. The molecule has 9 heteroatoms. The van der Waals surface area contributed by atoms with E-state index in [2.05, 4.69) is 10.9 Å². The van der Waals surface area contributed by atoms with Crippen molar-refractivity contribution in [2.45, 2.75) is 26.9 Å². The van der Waals surface area contributed by atoms with Crippen molar-refractivity contribution in [2.24, 2.45) is 0 Å². The van der Waals surface area contributed by atoms with Gasteiger partial charge in [0.25, 0.3) is 11.8 Å². The fraction of sp³-hybridized carbons (Fsp3) is 0.316. The number of nitrogens with one attached hydrogen (secondary N) is 2. The van der Waals surface area contributed by atoms with Crippen LogP contribution in [0.25, 0.3) is 0 Å². The Balaban J connectivity index is 1.45. The number of aryl methyl sites for hydroxylation is 2. The van der Waals surface area contributed by atoms with Crippen molar-refractivity contribution in [3.63, 3.8) is 0 Å². The molecule has 2 N–H and O–H groups in total. The normalized spacial score (nSPS) is 14.9. The summed E-state index contributed by atoms with van der Waals surface area (Å²) in [5, 5.41) is 0. The van der Waals surface area contributed by atoms with Gasteiger partial charge in [0.1, 0.15) is 23.7 Å². The number of amides is 2. The molecule has 2 amide bonds. The van der Waals surface area contributed by atoms with E-state index in [1.165, 1.54) is 0 Å². The second kappa shape index (κ2) is 8.03. The lowest BCUT2D eigenvalue weighted by Crippen LogP contribution is -2.51. The molecule has 1 atom stereocenters. The molecular formula is C19H20N2O7. The van der Waals surface area contributed by atoms with Gasteiger partial charge in [0, 0.05) is 5.56 Å². The van der Waals surface area contributed by atoms with Crippen molar-refractivity contribution in [1.29, 1.82) is 0 Å². The third kappa shape index (κ3) is 4.08. The van der Waals surface area contributed by atoms with Gasteiger partial charge in [-0.2, -0.15) is 0 Å². The van der Waals surface area contributed by atoms with Crippen LogP contribution in [0, 0.1) is 20.8 Å². The quantitative estimate of drug-likeness (QED) is 0.600. The predicted octanol–water partition coefficient (Wildman–Crippen LogP) is 1.35. The number of esters is 1. The number of rotatable bonds is 4. The predicted molar refractivity (Wildman–Crippen MR) is 95.8 cm³/mol. The molecule has 3 rings (SSSR count). The Morgan fingerprint density at radius 2 is 1.79 bits per heavy atom. The van der Waals surface area contributed by atoms with Crippen LogP contribution in [0.15, 0.2) is 28.7 Å². The van der Waals surface area contributed by atoms with Crippen LogP contribution in [0.5, 0.6) is 11.5 Å². The maximum atomic E-state index is 12.1. The van der Waals surface area contributed by atoms with Gasteiger partial charge in [-0.25, -0.2) is 4.79 Å². The molecule has 9 nitrogen and oxygen atoms in total. The molecule has 0 radical (unpaired) electrons. The SMILES string of the molecule is Cc1oc(C)c(C(=O)OCC(=O)NNC(=O)[C@H]2COc3ccccc3O2)c1C. The van der Waals surface area contributed by atoms with Gasteiger partial charge in [-0.15, -0.1) is 0 Å². The van der Waals surface area contributed by atoms with E-state index in [4.69, 9.17) is 18.6 Å². The standard InChI is InChI=1S/C19H20N2O7/c1-10-11(2)27-12(3)17(10)19(24)26-9-16(22)20-21-18(23)15-8-25-13-6-4-5-7-14(13)28-15/h4-7,15H,8-9H2,1-3H3,(H,20,22)(H,21,23)/t15-/m1/s1. The first-order valence-electron chi connectivity index (χ1n) is 8.57. The number of benzene rings is 1. The van der Waals surface area contributed by atoms with Crippen LogP contribution in [-0.2, 0) is 14.3 Å². The monoisotopic (exact) mass is 388 g/mol. The van der Waals surface area contributed by atoms with Gasteiger partial charge >= 0.3 is 5.97 Å². The number of hydrogen-bond donors (Lipinski definition) is 2. The Labute approximate surface area is 160 Å². The molecule has 2 aromatic rings.